The number of carboxylic acid groups (broad SMARTS) is 1. The van der Waals surface area contributed by atoms with Crippen molar-refractivity contribution in [2.24, 2.45) is 0 Å². The number of nitrogens with zero attached hydrogens (tertiary/aromatic N) is 2. The summed E-state index contributed by atoms with van der Waals surface area (Å²) >= 11 is 0. The van der Waals surface area contributed by atoms with Gasteiger partial charge in [-0.15, -0.1) is 0 Å². The van der Waals surface area contributed by atoms with E-state index in [4.69, 9.17) is 10.8 Å². The summed E-state index contributed by atoms with van der Waals surface area (Å²) in [6, 6.07) is 2.80. The number of nitrogens with two attached hydrogens (primary N) is 1. The lowest BCUT2D eigenvalue weighted by Gasteiger charge is -2.22. The summed E-state index contributed by atoms with van der Waals surface area (Å²) in [6.45, 7) is 2.40. The molecule has 0 aromatic carbocycles. The predicted molar refractivity (Wildman–Crippen MR) is 67.6 cm³/mol. The predicted octanol–water partition coefficient (Wildman–Crippen LogP) is -0.0657. The van der Waals surface area contributed by atoms with Crippen LogP contribution in [-0.4, -0.2) is 42.1 Å². The highest BCUT2D eigenvalue weighted by Crippen LogP contribution is 2.20. The SMILES string of the molecule is CCN(CC(=O)NC)c1nc(C(=O)O)ccc1N. The Balaban J connectivity index is 3.07. The number of anilines is 2. The Morgan fingerprint density at radius 1 is 1.50 bits per heavy atom. The summed E-state index contributed by atoms with van der Waals surface area (Å²) < 4.78 is 0. The number of rotatable bonds is 5. The molecular formula is C11H16N4O3. The number of likely N-dealkylation sites (N-methyl/N-ethyl adjacent to an activating group) is 2. The first-order chi connectivity index (χ1) is 8.49. The first-order valence-electron chi connectivity index (χ1n) is 5.45. The number of carbonyl (C=O) groups excluding carboxylic acids is 1. The summed E-state index contributed by atoms with van der Waals surface area (Å²) in [4.78, 5) is 27.8. The molecule has 7 heteroatoms. The van der Waals surface area contributed by atoms with Gasteiger partial charge in [0.15, 0.2) is 11.5 Å². The summed E-state index contributed by atoms with van der Waals surface area (Å²) in [5.74, 6) is -1.02. The van der Waals surface area contributed by atoms with E-state index in [0.29, 0.717) is 18.1 Å². The molecule has 0 saturated heterocycles. The maximum absolute atomic E-state index is 11.3. The third kappa shape index (κ3) is 3.09. The van der Waals surface area contributed by atoms with Gasteiger partial charge in [0, 0.05) is 13.6 Å². The zero-order valence-corrected chi connectivity index (χ0v) is 10.3. The summed E-state index contributed by atoms with van der Waals surface area (Å²) in [5.41, 5.74) is 5.99. The number of pyridine rings is 1. The number of nitrogens with one attached hydrogen (secondary N) is 1. The van der Waals surface area contributed by atoms with Crippen LogP contribution in [0.4, 0.5) is 11.5 Å². The van der Waals surface area contributed by atoms with Crippen molar-refractivity contribution in [3.8, 4) is 0 Å². The third-order valence-corrected chi connectivity index (χ3v) is 2.42. The molecule has 0 radical (unpaired) electrons. The molecule has 1 rings (SSSR count). The number of aromatic carboxylic acids is 1. The highest BCUT2D eigenvalue weighted by atomic mass is 16.4. The first-order valence-corrected chi connectivity index (χ1v) is 5.45. The van der Waals surface area contributed by atoms with Crippen LogP contribution in [-0.2, 0) is 4.79 Å². The van der Waals surface area contributed by atoms with Gasteiger partial charge in [-0.3, -0.25) is 4.79 Å². The van der Waals surface area contributed by atoms with E-state index in [0.717, 1.165) is 0 Å². The number of nitrogen functional groups attached to an aromatic ring is 1. The molecule has 0 spiro atoms. The highest BCUT2D eigenvalue weighted by Gasteiger charge is 2.15. The number of amides is 1. The van der Waals surface area contributed by atoms with E-state index in [2.05, 4.69) is 10.3 Å². The average molecular weight is 252 g/mol. The minimum atomic E-state index is -1.13. The van der Waals surface area contributed by atoms with Crippen molar-refractivity contribution in [2.45, 2.75) is 6.92 Å². The van der Waals surface area contributed by atoms with E-state index in [1.165, 1.54) is 19.2 Å². The lowest BCUT2D eigenvalue weighted by atomic mass is 10.3. The maximum atomic E-state index is 11.3. The van der Waals surface area contributed by atoms with Crippen LogP contribution in [0.3, 0.4) is 0 Å². The molecule has 0 aliphatic rings. The summed E-state index contributed by atoms with van der Waals surface area (Å²) in [7, 11) is 1.53. The Morgan fingerprint density at radius 3 is 2.67 bits per heavy atom. The van der Waals surface area contributed by atoms with Gasteiger partial charge in [0.2, 0.25) is 5.91 Å². The molecule has 0 aliphatic heterocycles. The molecule has 18 heavy (non-hydrogen) atoms. The number of aromatic nitrogens is 1. The molecule has 7 nitrogen and oxygen atoms in total. The zero-order chi connectivity index (χ0) is 13.7. The normalized spacial score (nSPS) is 9.89. The van der Waals surface area contributed by atoms with Gasteiger partial charge in [0.1, 0.15) is 0 Å². The fourth-order valence-electron chi connectivity index (χ4n) is 1.42. The molecule has 0 unspecified atom stereocenters. The fraction of sp³-hybridized carbons (Fsp3) is 0.364. The first kappa shape index (κ1) is 13.8. The van der Waals surface area contributed by atoms with Crippen molar-refractivity contribution in [2.75, 3.05) is 30.8 Å². The molecule has 1 amide bonds. The Hall–Kier alpha value is -2.31. The van der Waals surface area contributed by atoms with E-state index in [-0.39, 0.29) is 18.1 Å². The molecule has 0 saturated carbocycles. The van der Waals surface area contributed by atoms with Gasteiger partial charge in [-0.1, -0.05) is 0 Å². The molecule has 0 aliphatic carbocycles. The van der Waals surface area contributed by atoms with E-state index in [1.54, 1.807) is 4.90 Å². The number of hydrogen-bond donors (Lipinski definition) is 3. The van der Waals surface area contributed by atoms with Crippen molar-refractivity contribution < 1.29 is 14.7 Å². The van der Waals surface area contributed by atoms with Crippen LogP contribution >= 0.6 is 0 Å². The number of carbonyl (C=O) groups is 2. The topological polar surface area (TPSA) is 109 Å². The Kier molecular flexibility index (Phi) is 4.47. The lowest BCUT2D eigenvalue weighted by Crippen LogP contribution is -2.36. The quantitative estimate of drug-likeness (QED) is 0.677. The molecule has 1 aromatic rings. The van der Waals surface area contributed by atoms with Crippen LogP contribution in [0.25, 0.3) is 0 Å². The molecule has 1 heterocycles. The van der Waals surface area contributed by atoms with E-state index in [9.17, 15) is 9.59 Å². The number of hydrogen-bond acceptors (Lipinski definition) is 5. The molecule has 0 atom stereocenters. The zero-order valence-electron chi connectivity index (χ0n) is 10.3. The minimum Gasteiger partial charge on any atom is -0.477 e. The molecule has 0 bridgehead atoms. The van der Waals surface area contributed by atoms with E-state index >= 15 is 0 Å². The van der Waals surface area contributed by atoms with Gasteiger partial charge in [-0.2, -0.15) is 0 Å². The standard InChI is InChI=1S/C11H16N4O3/c1-3-15(6-9(16)13-2)10-7(12)4-5-8(14-10)11(17)18/h4-5H,3,6,12H2,1-2H3,(H,13,16)(H,17,18). The number of carboxylic acids is 1. The van der Waals surface area contributed by atoms with Crippen LogP contribution in [0.5, 0.6) is 0 Å². The van der Waals surface area contributed by atoms with Gasteiger partial charge >= 0.3 is 5.97 Å². The van der Waals surface area contributed by atoms with Gasteiger partial charge in [0.05, 0.1) is 12.2 Å². The van der Waals surface area contributed by atoms with Crippen molar-refractivity contribution in [1.82, 2.24) is 10.3 Å². The van der Waals surface area contributed by atoms with Crippen LogP contribution < -0.4 is 16.0 Å². The highest BCUT2D eigenvalue weighted by molar-refractivity contribution is 5.87. The van der Waals surface area contributed by atoms with Gasteiger partial charge in [-0.05, 0) is 19.1 Å². The monoisotopic (exact) mass is 252 g/mol. The molecule has 4 N–H and O–H groups in total. The lowest BCUT2D eigenvalue weighted by molar-refractivity contribution is -0.119. The Morgan fingerprint density at radius 2 is 2.17 bits per heavy atom. The van der Waals surface area contributed by atoms with Crippen molar-refractivity contribution >= 4 is 23.4 Å². The summed E-state index contributed by atoms with van der Waals surface area (Å²) in [6.07, 6.45) is 0. The molecule has 98 valence electrons. The van der Waals surface area contributed by atoms with Crippen molar-refractivity contribution in [3.05, 3.63) is 17.8 Å². The van der Waals surface area contributed by atoms with E-state index < -0.39 is 5.97 Å². The molecular weight excluding hydrogens is 236 g/mol. The second-order valence-corrected chi connectivity index (χ2v) is 3.60. The van der Waals surface area contributed by atoms with Crippen LogP contribution in [0.2, 0.25) is 0 Å². The molecule has 0 fully saturated rings. The Labute approximate surface area is 105 Å². The van der Waals surface area contributed by atoms with Gasteiger partial charge < -0.3 is 21.1 Å². The second kappa shape index (κ2) is 5.85. The average Bonchev–Trinajstić information content (AvgIpc) is 2.36. The third-order valence-electron chi connectivity index (χ3n) is 2.42. The van der Waals surface area contributed by atoms with Crippen molar-refractivity contribution in [3.63, 3.8) is 0 Å². The maximum Gasteiger partial charge on any atom is 0.354 e. The largest absolute Gasteiger partial charge is 0.477 e. The van der Waals surface area contributed by atoms with E-state index in [1.807, 2.05) is 6.92 Å². The smallest absolute Gasteiger partial charge is 0.354 e. The second-order valence-electron chi connectivity index (χ2n) is 3.60. The molecule has 1 aromatic heterocycles. The fourth-order valence-corrected chi connectivity index (χ4v) is 1.42. The van der Waals surface area contributed by atoms with Gasteiger partial charge in [0.25, 0.3) is 0 Å². The minimum absolute atomic E-state index is 0.0767. The Bertz CT molecular complexity index is 462. The van der Waals surface area contributed by atoms with Gasteiger partial charge in [-0.25, -0.2) is 9.78 Å². The van der Waals surface area contributed by atoms with Crippen LogP contribution in [0, 0.1) is 0 Å². The van der Waals surface area contributed by atoms with Crippen LogP contribution in [0.15, 0.2) is 12.1 Å². The van der Waals surface area contributed by atoms with Crippen molar-refractivity contribution in [1.29, 1.82) is 0 Å². The van der Waals surface area contributed by atoms with Crippen LogP contribution in [0.1, 0.15) is 17.4 Å². The summed E-state index contributed by atoms with van der Waals surface area (Å²) in [5, 5.41) is 11.4.